The zero-order valence-corrected chi connectivity index (χ0v) is 16.2. The Kier molecular flexibility index (Phi) is 7.02. The summed E-state index contributed by atoms with van der Waals surface area (Å²) in [5, 5.41) is 1.08. The topological polar surface area (TPSA) is 17.1 Å². The van der Waals surface area contributed by atoms with Gasteiger partial charge in [-0.25, -0.2) is 0 Å². The number of hydrogen-bond donors (Lipinski definition) is 0. The molecule has 1 nitrogen and oxygen atoms in total. The molecule has 0 aliphatic rings. The van der Waals surface area contributed by atoms with Crippen LogP contribution in [0.4, 0.5) is 0 Å². The molecule has 0 heterocycles. The standard InChI is InChI=1S/C23H23OP.Li.H/c1-15-14-16(2)22(18(4)17(15)3)23(24)25-21-12-10-20(11-13-21)19-8-6-5-7-9-19;;/h5-14,25H,1-4H3;;. The predicted octanol–water partition coefficient (Wildman–Crippen LogP) is 5.08. The van der Waals surface area contributed by atoms with Gasteiger partial charge in [0.05, 0.1) is 0 Å². The summed E-state index contributed by atoms with van der Waals surface area (Å²) in [5.74, 6) is 0. The van der Waals surface area contributed by atoms with Crippen LogP contribution in [0.25, 0.3) is 11.1 Å². The molecule has 3 rings (SSSR count). The van der Waals surface area contributed by atoms with Crippen molar-refractivity contribution >= 4 is 38.3 Å². The molecule has 0 amide bonds. The Morgan fingerprint density at radius 1 is 0.731 bits per heavy atom. The molecule has 0 radical (unpaired) electrons. The molecule has 0 aliphatic heterocycles. The van der Waals surface area contributed by atoms with Gasteiger partial charge in [-0.2, -0.15) is 0 Å². The maximum absolute atomic E-state index is 12.9. The number of benzene rings is 3. The molecule has 0 N–H and O–H groups in total. The van der Waals surface area contributed by atoms with Gasteiger partial charge < -0.3 is 0 Å². The average Bonchev–Trinajstić information content (AvgIpc) is 2.61. The summed E-state index contributed by atoms with van der Waals surface area (Å²) >= 11 is 0. The van der Waals surface area contributed by atoms with E-state index in [0.717, 1.165) is 22.0 Å². The fourth-order valence-corrected chi connectivity index (χ4v) is 4.31. The molecule has 0 aromatic heterocycles. The molecule has 26 heavy (non-hydrogen) atoms. The summed E-state index contributed by atoms with van der Waals surface area (Å²) < 4.78 is 0. The minimum absolute atomic E-state index is 0. The van der Waals surface area contributed by atoms with E-state index in [1.165, 1.54) is 22.3 Å². The van der Waals surface area contributed by atoms with Crippen molar-refractivity contribution in [1.82, 2.24) is 0 Å². The van der Waals surface area contributed by atoms with Crippen LogP contribution in [0.1, 0.15) is 32.6 Å². The summed E-state index contributed by atoms with van der Waals surface area (Å²) in [6.07, 6.45) is 0. The molecular weight excluding hydrogens is 330 g/mol. The number of carbonyl (C=O) groups is 1. The van der Waals surface area contributed by atoms with Crippen molar-refractivity contribution in [2.45, 2.75) is 27.7 Å². The summed E-state index contributed by atoms with van der Waals surface area (Å²) in [6, 6.07) is 20.8. The first kappa shape index (κ1) is 20.7. The molecule has 1 unspecified atom stereocenters. The van der Waals surface area contributed by atoms with E-state index in [1.54, 1.807) is 0 Å². The van der Waals surface area contributed by atoms with Crippen LogP contribution in [0, 0.1) is 27.7 Å². The average molecular weight is 354 g/mol. The van der Waals surface area contributed by atoms with E-state index in [0.29, 0.717) is 0 Å². The van der Waals surface area contributed by atoms with Gasteiger partial charge in [0.2, 0.25) is 0 Å². The number of carbonyl (C=O) groups excluding carboxylic acids is 1. The second-order valence-corrected chi connectivity index (χ2v) is 7.81. The van der Waals surface area contributed by atoms with Gasteiger partial charge in [-0.15, -0.1) is 0 Å². The van der Waals surface area contributed by atoms with Gasteiger partial charge >= 0.3 is 18.9 Å². The van der Waals surface area contributed by atoms with Crippen molar-refractivity contribution < 1.29 is 4.79 Å². The Bertz CT molecular complexity index is 915. The van der Waals surface area contributed by atoms with Crippen LogP contribution in [0.15, 0.2) is 60.7 Å². The van der Waals surface area contributed by atoms with Gasteiger partial charge in [-0.05, 0) is 75.0 Å². The van der Waals surface area contributed by atoms with Gasteiger partial charge in [0.25, 0.3) is 0 Å². The van der Waals surface area contributed by atoms with Crippen molar-refractivity contribution in [2.75, 3.05) is 0 Å². The zero-order chi connectivity index (χ0) is 18.0. The molecule has 0 saturated carbocycles. The SMILES string of the molecule is Cc1cc(C)c(C(=O)Pc2ccc(-c3ccccc3)cc2)c(C)c1C.[LiH]. The van der Waals surface area contributed by atoms with Crippen LogP contribution >= 0.6 is 8.58 Å². The van der Waals surface area contributed by atoms with Crippen LogP contribution in [0.3, 0.4) is 0 Å². The maximum atomic E-state index is 12.9. The van der Waals surface area contributed by atoms with E-state index in [-0.39, 0.29) is 33.0 Å². The molecule has 0 spiro atoms. The molecule has 3 heteroatoms. The summed E-state index contributed by atoms with van der Waals surface area (Å²) in [6.45, 7) is 8.30. The van der Waals surface area contributed by atoms with E-state index >= 15 is 0 Å². The first-order chi connectivity index (χ1) is 12.0. The Balaban J connectivity index is 0.00000243. The van der Waals surface area contributed by atoms with E-state index in [9.17, 15) is 4.79 Å². The molecule has 0 aliphatic carbocycles. The summed E-state index contributed by atoms with van der Waals surface area (Å²) in [7, 11) is 0.157. The second kappa shape index (κ2) is 8.83. The number of rotatable bonds is 4. The van der Waals surface area contributed by atoms with Crippen molar-refractivity contribution in [3.05, 3.63) is 88.5 Å². The first-order valence-corrected chi connectivity index (χ1v) is 9.51. The molecule has 0 bridgehead atoms. The van der Waals surface area contributed by atoms with Crippen LogP contribution in [0.2, 0.25) is 0 Å². The van der Waals surface area contributed by atoms with Gasteiger partial charge in [0, 0.05) is 5.56 Å². The third-order valence-electron chi connectivity index (χ3n) is 4.83. The molecule has 3 aromatic rings. The normalized spacial score (nSPS) is 10.8. The molecule has 1 atom stereocenters. The summed E-state index contributed by atoms with van der Waals surface area (Å²) in [5.41, 5.74) is 8.18. The molecule has 0 saturated heterocycles. The first-order valence-electron chi connectivity index (χ1n) is 8.51. The van der Waals surface area contributed by atoms with Crippen LogP contribution < -0.4 is 5.30 Å². The van der Waals surface area contributed by atoms with Crippen LogP contribution in [0.5, 0.6) is 0 Å². The van der Waals surface area contributed by atoms with Gasteiger partial charge in [0.15, 0.2) is 5.52 Å². The van der Waals surface area contributed by atoms with Crippen molar-refractivity contribution in [3.8, 4) is 11.1 Å². The van der Waals surface area contributed by atoms with Crippen molar-refractivity contribution in [2.24, 2.45) is 0 Å². The van der Waals surface area contributed by atoms with Crippen molar-refractivity contribution in [3.63, 3.8) is 0 Å². The zero-order valence-electron chi connectivity index (χ0n) is 15.2. The van der Waals surface area contributed by atoms with E-state index in [4.69, 9.17) is 0 Å². The van der Waals surface area contributed by atoms with Gasteiger partial charge in [0.1, 0.15) is 0 Å². The summed E-state index contributed by atoms with van der Waals surface area (Å²) in [4.78, 5) is 12.9. The molecule has 0 fully saturated rings. The molecule has 3 aromatic carbocycles. The fraction of sp³-hybridized carbons (Fsp3) is 0.174. The van der Waals surface area contributed by atoms with Crippen LogP contribution in [-0.2, 0) is 0 Å². The van der Waals surface area contributed by atoms with E-state index in [2.05, 4.69) is 63.2 Å². The molecular formula is C23H24LiOP. The fourth-order valence-electron chi connectivity index (χ4n) is 3.20. The Morgan fingerprint density at radius 3 is 1.92 bits per heavy atom. The number of hydrogen-bond acceptors (Lipinski definition) is 1. The Labute approximate surface area is 170 Å². The Morgan fingerprint density at radius 2 is 1.31 bits per heavy atom. The van der Waals surface area contributed by atoms with E-state index < -0.39 is 0 Å². The quantitative estimate of drug-likeness (QED) is 0.471. The monoisotopic (exact) mass is 354 g/mol. The van der Waals surface area contributed by atoms with E-state index in [1.807, 2.05) is 25.1 Å². The minimum atomic E-state index is 0. The van der Waals surface area contributed by atoms with Crippen LogP contribution in [-0.4, -0.2) is 24.4 Å². The third kappa shape index (κ3) is 4.36. The van der Waals surface area contributed by atoms with Crippen molar-refractivity contribution in [1.29, 1.82) is 0 Å². The Hall–Kier alpha value is -1.64. The van der Waals surface area contributed by atoms with Gasteiger partial charge in [-0.3, -0.25) is 4.79 Å². The molecule has 128 valence electrons. The van der Waals surface area contributed by atoms with Gasteiger partial charge in [-0.1, -0.05) is 60.7 Å². The predicted molar refractivity (Wildman–Crippen MR) is 117 cm³/mol. The third-order valence-corrected chi connectivity index (χ3v) is 5.93. The second-order valence-electron chi connectivity index (χ2n) is 6.53. The number of aryl methyl sites for hydroxylation is 2.